The van der Waals surface area contributed by atoms with Gasteiger partial charge in [-0.1, -0.05) is 12.1 Å². The van der Waals surface area contributed by atoms with E-state index in [4.69, 9.17) is 5.73 Å². The highest BCUT2D eigenvalue weighted by Gasteiger charge is 2.61. The van der Waals surface area contributed by atoms with E-state index < -0.39 is 17.8 Å². The van der Waals surface area contributed by atoms with Gasteiger partial charge in [0.05, 0.1) is 10.1 Å². The normalized spacial score (nSPS) is 12.7. The molecule has 0 bridgehead atoms. The minimum absolute atomic E-state index is 0.0728. The predicted octanol–water partition coefficient (Wildman–Crippen LogP) is 4.69. The molecule has 1 heterocycles. The molecule has 23 heavy (non-hydrogen) atoms. The second-order valence-electron chi connectivity index (χ2n) is 4.87. The van der Waals surface area contributed by atoms with Gasteiger partial charge in [0.25, 0.3) is 0 Å². The van der Waals surface area contributed by atoms with Crippen molar-refractivity contribution in [3.8, 4) is 0 Å². The summed E-state index contributed by atoms with van der Waals surface area (Å²) in [5.41, 5.74) is 6.49. The number of hydrogen-bond acceptors (Lipinski definition) is 2. The molecule has 0 amide bonds. The SMILES string of the molecule is Cc1cc(Cn2nc(C(F)(F)C(F)(F)F)c(I)c2I)ccc1N. The zero-order valence-corrected chi connectivity index (χ0v) is 15.9. The molecule has 2 aromatic rings. The fourth-order valence-corrected chi connectivity index (χ4v) is 3.13. The number of alkyl halides is 5. The Bertz CT molecular complexity index is 740. The number of halogens is 7. The average molecular weight is 557 g/mol. The number of aromatic nitrogens is 2. The Morgan fingerprint density at radius 1 is 1.17 bits per heavy atom. The molecule has 0 unspecified atom stereocenters. The summed E-state index contributed by atoms with van der Waals surface area (Å²) < 4.78 is 65.9. The molecule has 0 aliphatic carbocycles. The van der Waals surface area contributed by atoms with E-state index in [1.807, 2.05) is 0 Å². The number of aryl methyl sites for hydroxylation is 1. The van der Waals surface area contributed by atoms with Crippen molar-refractivity contribution in [1.82, 2.24) is 9.78 Å². The molecule has 0 spiro atoms. The third-order valence-corrected chi connectivity index (χ3v) is 6.31. The Labute approximate surface area is 155 Å². The molecule has 0 radical (unpaired) electrons. The Kier molecular flexibility index (Phi) is 5.14. The molecule has 1 aromatic heterocycles. The van der Waals surface area contributed by atoms with Crippen LogP contribution in [-0.4, -0.2) is 16.0 Å². The van der Waals surface area contributed by atoms with Crippen molar-refractivity contribution in [2.45, 2.75) is 25.6 Å². The van der Waals surface area contributed by atoms with Crippen LogP contribution in [0.3, 0.4) is 0 Å². The minimum Gasteiger partial charge on any atom is -0.399 e. The maximum atomic E-state index is 13.5. The van der Waals surface area contributed by atoms with E-state index in [-0.39, 0.29) is 13.8 Å². The van der Waals surface area contributed by atoms with Crippen molar-refractivity contribution < 1.29 is 22.0 Å². The van der Waals surface area contributed by atoms with E-state index >= 15 is 0 Å². The number of rotatable bonds is 3. The van der Waals surface area contributed by atoms with Crippen LogP contribution in [0.4, 0.5) is 27.6 Å². The van der Waals surface area contributed by atoms with Gasteiger partial charge in [-0.3, -0.25) is 4.68 Å². The lowest BCUT2D eigenvalue weighted by atomic mass is 10.1. The third-order valence-electron chi connectivity index (χ3n) is 3.16. The van der Waals surface area contributed by atoms with Crippen LogP contribution in [0.1, 0.15) is 16.8 Å². The Morgan fingerprint density at radius 3 is 2.30 bits per heavy atom. The average Bonchev–Trinajstić information content (AvgIpc) is 2.70. The van der Waals surface area contributed by atoms with Crippen LogP contribution in [0.2, 0.25) is 0 Å². The van der Waals surface area contributed by atoms with Gasteiger partial charge >= 0.3 is 12.1 Å². The molecule has 3 nitrogen and oxygen atoms in total. The highest BCUT2D eigenvalue weighted by Crippen LogP contribution is 2.45. The highest BCUT2D eigenvalue weighted by molar-refractivity contribution is 14.1. The van der Waals surface area contributed by atoms with Gasteiger partial charge in [-0.25, -0.2) is 0 Å². The van der Waals surface area contributed by atoms with E-state index in [9.17, 15) is 22.0 Å². The molecule has 126 valence electrons. The predicted molar refractivity (Wildman–Crippen MR) is 92.3 cm³/mol. The van der Waals surface area contributed by atoms with E-state index in [0.717, 1.165) is 10.2 Å². The molecule has 0 aliphatic heterocycles. The van der Waals surface area contributed by atoms with Crippen molar-refractivity contribution in [1.29, 1.82) is 0 Å². The number of nitrogen functional groups attached to an aromatic ring is 1. The second-order valence-corrected chi connectivity index (χ2v) is 6.97. The lowest BCUT2D eigenvalue weighted by molar-refractivity contribution is -0.291. The maximum absolute atomic E-state index is 13.5. The topological polar surface area (TPSA) is 43.8 Å². The van der Waals surface area contributed by atoms with E-state index in [1.165, 1.54) is 22.6 Å². The summed E-state index contributed by atoms with van der Waals surface area (Å²) in [7, 11) is 0. The molecule has 0 aliphatic rings. The first-order valence-electron chi connectivity index (χ1n) is 6.17. The zero-order chi connectivity index (χ0) is 17.6. The molecule has 1 aromatic carbocycles. The number of nitrogens with two attached hydrogens (primary N) is 1. The molecule has 10 heteroatoms. The summed E-state index contributed by atoms with van der Waals surface area (Å²) in [6, 6.07) is 5.06. The maximum Gasteiger partial charge on any atom is 0.459 e. The van der Waals surface area contributed by atoms with Crippen LogP contribution in [0, 0.1) is 14.2 Å². The molecule has 0 saturated heterocycles. The number of benzene rings is 1. The zero-order valence-electron chi connectivity index (χ0n) is 11.6. The summed E-state index contributed by atoms with van der Waals surface area (Å²) in [5.74, 6) is -4.99. The summed E-state index contributed by atoms with van der Waals surface area (Å²) in [5, 5.41) is 3.50. The smallest absolute Gasteiger partial charge is 0.399 e. The van der Waals surface area contributed by atoms with Gasteiger partial charge in [-0.2, -0.15) is 27.1 Å². The summed E-state index contributed by atoms with van der Waals surface area (Å²) in [6.45, 7) is 1.85. The first-order valence-corrected chi connectivity index (χ1v) is 8.32. The number of hydrogen-bond donors (Lipinski definition) is 1. The van der Waals surface area contributed by atoms with Crippen LogP contribution in [0.5, 0.6) is 0 Å². The molecular formula is C13H10F5I2N3. The fraction of sp³-hybridized carbons (Fsp3) is 0.308. The third kappa shape index (κ3) is 3.56. The second kappa shape index (κ2) is 6.33. The molecular weight excluding hydrogens is 547 g/mol. The Hall–Kier alpha value is -0.660. The highest BCUT2D eigenvalue weighted by atomic mass is 127. The largest absolute Gasteiger partial charge is 0.459 e. The summed E-state index contributed by atoms with van der Waals surface area (Å²) in [4.78, 5) is 0. The molecule has 2 rings (SSSR count). The van der Waals surface area contributed by atoms with Crippen molar-refractivity contribution >= 4 is 50.9 Å². The van der Waals surface area contributed by atoms with Crippen molar-refractivity contribution in [3.05, 3.63) is 42.3 Å². The Morgan fingerprint density at radius 2 is 1.78 bits per heavy atom. The van der Waals surface area contributed by atoms with Gasteiger partial charge in [0.15, 0.2) is 5.69 Å². The van der Waals surface area contributed by atoms with Gasteiger partial charge in [-0.15, -0.1) is 0 Å². The van der Waals surface area contributed by atoms with E-state index in [0.29, 0.717) is 11.3 Å². The van der Waals surface area contributed by atoms with Crippen molar-refractivity contribution in [3.63, 3.8) is 0 Å². The standard InChI is InChI=1S/C13H10F5I2N3/c1-6-4-7(2-3-8(6)21)5-23-11(20)9(19)10(22-23)12(14,15)13(16,17)18/h2-4H,5,21H2,1H3. The molecule has 0 atom stereocenters. The summed E-state index contributed by atoms with van der Waals surface area (Å²) in [6.07, 6.45) is -5.69. The van der Waals surface area contributed by atoms with Crippen LogP contribution >= 0.6 is 45.2 Å². The first kappa shape index (κ1) is 18.7. The fourth-order valence-electron chi connectivity index (χ4n) is 1.87. The summed E-state index contributed by atoms with van der Waals surface area (Å²) >= 11 is 3.16. The molecule has 0 fully saturated rings. The first-order chi connectivity index (χ1) is 10.4. The monoisotopic (exact) mass is 557 g/mol. The van der Waals surface area contributed by atoms with Gasteiger partial charge in [0.2, 0.25) is 0 Å². The lowest BCUT2D eigenvalue weighted by Gasteiger charge is -2.17. The number of anilines is 1. The van der Waals surface area contributed by atoms with Gasteiger partial charge in [0.1, 0.15) is 3.70 Å². The Balaban J connectivity index is 2.42. The van der Waals surface area contributed by atoms with Gasteiger partial charge in [-0.05, 0) is 69.3 Å². The minimum atomic E-state index is -5.69. The van der Waals surface area contributed by atoms with Crippen LogP contribution in [-0.2, 0) is 12.5 Å². The molecule has 2 N–H and O–H groups in total. The van der Waals surface area contributed by atoms with Crippen molar-refractivity contribution in [2.24, 2.45) is 0 Å². The van der Waals surface area contributed by atoms with Gasteiger partial charge < -0.3 is 5.73 Å². The molecule has 0 saturated carbocycles. The van der Waals surface area contributed by atoms with Crippen LogP contribution in [0.25, 0.3) is 0 Å². The van der Waals surface area contributed by atoms with E-state index in [2.05, 4.69) is 5.10 Å². The van der Waals surface area contributed by atoms with E-state index in [1.54, 1.807) is 47.7 Å². The van der Waals surface area contributed by atoms with Crippen molar-refractivity contribution in [2.75, 3.05) is 5.73 Å². The van der Waals surface area contributed by atoms with Gasteiger partial charge in [0, 0.05) is 5.69 Å². The van der Waals surface area contributed by atoms with Crippen LogP contribution < -0.4 is 5.73 Å². The number of nitrogens with zero attached hydrogens (tertiary/aromatic N) is 2. The van der Waals surface area contributed by atoms with Crippen LogP contribution in [0.15, 0.2) is 18.2 Å². The quantitative estimate of drug-likeness (QED) is 0.339. The lowest BCUT2D eigenvalue weighted by Crippen LogP contribution is -2.35.